The molecule has 1 amide bonds. The highest BCUT2D eigenvalue weighted by Gasteiger charge is 2.19. The molecule has 0 atom stereocenters. The van der Waals surface area contributed by atoms with Gasteiger partial charge >= 0.3 is 0 Å². The summed E-state index contributed by atoms with van der Waals surface area (Å²) >= 11 is 1.62. The third-order valence-corrected chi connectivity index (χ3v) is 5.72. The van der Waals surface area contributed by atoms with Gasteiger partial charge in [0.2, 0.25) is 0 Å². The number of thiophene rings is 1. The van der Waals surface area contributed by atoms with Gasteiger partial charge in [-0.3, -0.25) is 4.79 Å². The van der Waals surface area contributed by atoms with Gasteiger partial charge in [-0.05, 0) is 54.9 Å². The van der Waals surface area contributed by atoms with Crippen LogP contribution in [0, 0.1) is 0 Å². The molecule has 1 N–H and O–H groups in total. The zero-order chi connectivity index (χ0) is 14.9. The minimum atomic E-state index is -0.0641. The molecule has 0 saturated carbocycles. The lowest BCUT2D eigenvalue weighted by molar-refractivity contribution is 0.0958. The maximum absolute atomic E-state index is 12.2. The SMILES string of the molecule is O=C(N/N=C1\CCc2ccccc2C1)c1cc2c(s1)CCC2. The third-order valence-electron chi connectivity index (χ3n) is 4.48. The Balaban J connectivity index is 1.44. The summed E-state index contributed by atoms with van der Waals surface area (Å²) in [6.45, 7) is 0. The molecule has 4 heteroatoms. The minimum absolute atomic E-state index is 0.0641. The van der Waals surface area contributed by atoms with Crippen LogP contribution in [0.4, 0.5) is 0 Å². The Hall–Kier alpha value is -1.94. The molecular formula is C18H18N2OS. The van der Waals surface area contributed by atoms with Gasteiger partial charge in [-0.25, -0.2) is 5.43 Å². The Labute approximate surface area is 134 Å². The second-order valence-corrected chi connectivity index (χ2v) is 7.11. The summed E-state index contributed by atoms with van der Waals surface area (Å²) in [4.78, 5) is 14.4. The van der Waals surface area contributed by atoms with Crippen molar-refractivity contribution in [2.75, 3.05) is 0 Å². The number of rotatable bonds is 2. The van der Waals surface area contributed by atoms with Crippen molar-refractivity contribution >= 4 is 23.0 Å². The van der Waals surface area contributed by atoms with Crippen LogP contribution in [0.5, 0.6) is 0 Å². The quantitative estimate of drug-likeness (QED) is 0.847. The van der Waals surface area contributed by atoms with Crippen molar-refractivity contribution < 1.29 is 4.79 Å². The zero-order valence-electron chi connectivity index (χ0n) is 12.4. The van der Waals surface area contributed by atoms with E-state index in [1.165, 1.54) is 28.0 Å². The van der Waals surface area contributed by atoms with Gasteiger partial charge in [0, 0.05) is 17.0 Å². The molecule has 4 rings (SSSR count). The molecule has 2 aliphatic rings. The first-order valence-corrected chi connectivity index (χ1v) is 8.65. The van der Waals surface area contributed by atoms with Crippen LogP contribution in [0.3, 0.4) is 0 Å². The van der Waals surface area contributed by atoms with Gasteiger partial charge in [-0.2, -0.15) is 5.10 Å². The Kier molecular flexibility index (Phi) is 3.54. The molecule has 0 unspecified atom stereocenters. The Morgan fingerprint density at radius 2 is 1.91 bits per heavy atom. The second-order valence-electron chi connectivity index (χ2n) is 5.98. The Morgan fingerprint density at radius 3 is 2.77 bits per heavy atom. The number of fused-ring (bicyclic) bond motifs is 2. The van der Waals surface area contributed by atoms with Gasteiger partial charge in [0.25, 0.3) is 5.91 Å². The van der Waals surface area contributed by atoms with Crippen molar-refractivity contribution in [1.82, 2.24) is 5.43 Å². The van der Waals surface area contributed by atoms with E-state index in [0.29, 0.717) is 0 Å². The number of amides is 1. The molecule has 0 spiro atoms. The number of hydrogen-bond donors (Lipinski definition) is 1. The minimum Gasteiger partial charge on any atom is -0.266 e. The number of carbonyl (C=O) groups excluding carboxylic acids is 1. The van der Waals surface area contributed by atoms with Crippen LogP contribution in [0.25, 0.3) is 0 Å². The fourth-order valence-corrected chi connectivity index (χ4v) is 4.43. The maximum atomic E-state index is 12.2. The van der Waals surface area contributed by atoms with E-state index in [1.54, 1.807) is 11.3 Å². The smallest absolute Gasteiger partial charge is 0.266 e. The second kappa shape index (κ2) is 5.69. The zero-order valence-corrected chi connectivity index (χ0v) is 13.2. The van der Waals surface area contributed by atoms with Crippen LogP contribution < -0.4 is 5.43 Å². The molecule has 0 aliphatic heterocycles. The summed E-state index contributed by atoms with van der Waals surface area (Å²) in [5.41, 5.74) is 7.90. The summed E-state index contributed by atoms with van der Waals surface area (Å²) in [7, 11) is 0. The van der Waals surface area contributed by atoms with E-state index in [2.05, 4.69) is 34.8 Å². The highest BCUT2D eigenvalue weighted by molar-refractivity contribution is 7.14. The van der Waals surface area contributed by atoms with Crippen molar-refractivity contribution in [2.45, 2.75) is 38.5 Å². The fraction of sp³-hybridized carbons (Fsp3) is 0.333. The molecule has 1 heterocycles. The van der Waals surface area contributed by atoms with Crippen LogP contribution >= 0.6 is 11.3 Å². The summed E-state index contributed by atoms with van der Waals surface area (Å²) in [6, 6.07) is 10.5. The number of hydrazone groups is 1. The van der Waals surface area contributed by atoms with E-state index in [4.69, 9.17) is 0 Å². The van der Waals surface area contributed by atoms with Crippen molar-refractivity contribution in [1.29, 1.82) is 0 Å². The largest absolute Gasteiger partial charge is 0.281 e. The summed E-state index contributed by atoms with van der Waals surface area (Å²) in [5.74, 6) is -0.0641. The van der Waals surface area contributed by atoms with E-state index in [9.17, 15) is 4.79 Å². The van der Waals surface area contributed by atoms with E-state index >= 15 is 0 Å². The topological polar surface area (TPSA) is 41.5 Å². The number of nitrogens with zero attached hydrogens (tertiary/aromatic N) is 1. The van der Waals surface area contributed by atoms with Crippen LogP contribution in [-0.2, 0) is 25.7 Å². The van der Waals surface area contributed by atoms with E-state index in [0.717, 1.165) is 42.7 Å². The molecule has 2 aliphatic carbocycles. The lowest BCUT2D eigenvalue weighted by atomic mass is 9.90. The number of nitrogens with one attached hydrogen (secondary N) is 1. The monoisotopic (exact) mass is 310 g/mol. The van der Waals surface area contributed by atoms with Crippen molar-refractivity contribution in [3.05, 3.63) is 56.8 Å². The standard InChI is InChI=1S/C18H18N2OS/c21-18(17-11-14-6-3-7-16(14)22-17)20-19-15-9-8-12-4-1-2-5-13(12)10-15/h1-2,4-5,11H,3,6-10H2,(H,20,21)/b19-15+. The van der Waals surface area contributed by atoms with Crippen LogP contribution in [0.15, 0.2) is 35.4 Å². The summed E-state index contributed by atoms with van der Waals surface area (Å²) in [5, 5.41) is 4.36. The molecule has 0 fully saturated rings. The molecule has 22 heavy (non-hydrogen) atoms. The van der Waals surface area contributed by atoms with Gasteiger partial charge in [0.05, 0.1) is 4.88 Å². The van der Waals surface area contributed by atoms with Gasteiger partial charge in [0.1, 0.15) is 0 Å². The van der Waals surface area contributed by atoms with Crippen molar-refractivity contribution in [3.8, 4) is 0 Å². The van der Waals surface area contributed by atoms with E-state index < -0.39 is 0 Å². The predicted molar refractivity (Wildman–Crippen MR) is 89.7 cm³/mol. The van der Waals surface area contributed by atoms with Crippen LogP contribution in [0.1, 0.15) is 44.1 Å². The number of carbonyl (C=O) groups is 1. The van der Waals surface area contributed by atoms with E-state index in [1.807, 2.05) is 6.07 Å². The summed E-state index contributed by atoms with van der Waals surface area (Å²) < 4.78 is 0. The van der Waals surface area contributed by atoms with Crippen molar-refractivity contribution in [3.63, 3.8) is 0 Å². The highest BCUT2D eigenvalue weighted by Crippen LogP contribution is 2.30. The third kappa shape index (κ3) is 2.59. The van der Waals surface area contributed by atoms with Gasteiger partial charge in [-0.15, -0.1) is 11.3 Å². The van der Waals surface area contributed by atoms with Crippen LogP contribution in [0.2, 0.25) is 0 Å². The normalized spacial score (nSPS) is 18.1. The average molecular weight is 310 g/mol. The first kappa shape index (κ1) is 13.7. The molecule has 1 aromatic heterocycles. The molecule has 1 aromatic carbocycles. The molecular weight excluding hydrogens is 292 g/mol. The molecule has 0 saturated heterocycles. The average Bonchev–Trinajstić information content (AvgIpc) is 3.14. The first-order chi connectivity index (χ1) is 10.8. The predicted octanol–water partition coefficient (Wildman–Crippen LogP) is 3.51. The number of aryl methyl sites for hydroxylation is 3. The Bertz CT molecular complexity index is 739. The highest BCUT2D eigenvalue weighted by atomic mass is 32.1. The van der Waals surface area contributed by atoms with Crippen LogP contribution in [-0.4, -0.2) is 11.6 Å². The van der Waals surface area contributed by atoms with Gasteiger partial charge in [0.15, 0.2) is 0 Å². The van der Waals surface area contributed by atoms with Gasteiger partial charge in [-0.1, -0.05) is 24.3 Å². The lowest BCUT2D eigenvalue weighted by Gasteiger charge is -2.17. The van der Waals surface area contributed by atoms with Gasteiger partial charge < -0.3 is 0 Å². The molecule has 0 bridgehead atoms. The lowest BCUT2D eigenvalue weighted by Crippen LogP contribution is -2.22. The molecule has 2 aromatic rings. The number of benzene rings is 1. The maximum Gasteiger partial charge on any atom is 0.281 e. The number of hydrogen-bond acceptors (Lipinski definition) is 3. The van der Waals surface area contributed by atoms with Crippen molar-refractivity contribution in [2.24, 2.45) is 5.10 Å². The molecule has 0 radical (unpaired) electrons. The molecule has 112 valence electrons. The molecule has 3 nitrogen and oxygen atoms in total. The van der Waals surface area contributed by atoms with E-state index in [-0.39, 0.29) is 5.91 Å². The Morgan fingerprint density at radius 1 is 1.05 bits per heavy atom. The first-order valence-electron chi connectivity index (χ1n) is 7.84. The fourth-order valence-electron chi connectivity index (χ4n) is 3.28. The summed E-state index contributed by atoms with van der Waals surface area (Å²) in [6.07, 6.45) is 6.25.